The van der Waals surface area contributed by atoms with Gasteiger partial charge in [-0.25, -0.2) is 0 Å². The monoisotopic (exact) mass is 302 g/mol. The van der Waals surface area contributed by atoms with Crippen molar-refractivity contribution in [3.63, 3.8) is 0 Å². The van der Waals surface area contributed by atoms with Gasteiger partial charge in [0.05, 0.1) is 0 Å². The van der Waals surface area contributed by atoms with Crippen LogP contribution in [0.2, 0.25) is 0 Å². The highest BCUT2D eigenvalue weighted by Crippen LogP contribution is 2.54. The zero-order valence-corrected chi connectivity index (χ0v) is 14.6. The summed E-state index contributed by atoms with van der Waals surface area (Å²) < 4.78 is 0. The molecule has 1 aliphatic rings. The lowest BCUT2D eigenvalue weighted by Crippen LogP contribution is -2.47. The Morgan fingerprint density at radius 3 is 2.23 bits per heavy atom. The number of aromatic nitrogens is 1. The van der Waals surface area contributed by atoms with Gasteiger partial charge in [0.25, 0.3) is 5.91 Å². The highest BCUT2D eigenvalue weighted by molar-refractivity contribution is 5.94. The Morgan fingerprint density at radius 2 is 1.77 bits per heavy atom. The summed E-state index contributed by atoms with van der Waals surface area (Å²) in [5, 5.41) is 3.20. The Kier molecular flexibility index (Phi) is 4.93. The van der Waals surface area contributed by atoms with E-state index in [1.807, 2.05) is 0 Å². The van der Waals surface area contributed by atoms with Gasteiger partial charge in [-0.15, -0.1) is 0 Å². The normalized spacial score (nSPS) is 26.0. The van der Waals surface area contributed by atoms with E-state index >= 15 is 0 Å². The van der Waals surface area contributed by atoms with E-state index in [2.05, 4.69) is 44.9 Å². The molecule has 1 aliphatic carbocycles. The van der Waals surface area contributed by atoms with Crippen LogP contribution in [0, 0.1) is 16.7 Å². The van der Waals surface area contributed by atoms with Crippen LogP contribution in [-0.4, -0.2) is 16.9 Å². The molecule has 3 heteroatoms. The Bertz CT molecular complexity index is 494. The van der Waals surface area contributed by atoms with Crippen molar-refractivity contribution >= 4 is 5.91 Å². The maximum absolute atomic E-state index is 12.3. The fourth-order valence-corrected chi connectivity index (χ4v) is 4.24. The van der Waals surface area contributed by atoms with Gasteiger partial charge in [0.1, 0.15) is 0 Å². The van der Waals surface area contributed by atoms with Gasteiger partial charge in [-0.1, -0.05) is 34.6 Å². The molecule has 1 heterocycles. The van der Waals surface area contributed by atoms with Gasteiger partial charge in [0, 0.05) is 24.0 Å². The van der Waals surface area contributed by atoms with E-state index in [1.165, 1.54) is 12.8 Å². The molecule has 0 atom stereocenters. The Labute approximate surface area is 134 Å². The van der Waals surface area contributed by atoms with Crippen LogP contribution in [0.3, 0.4) is 0 Å². The largest absolute Gasteiger partial charge is 0.349 e. The highest BCUT2D eigenvalue weighted by atomic mass is 16.1. The van der Waals surface area contributed by atoms with Crippen LogP contribution in [0.5, 0.6) is 0 Å². The predicted molar refractivity (Wildman–Crippen MR) is 90.7 cm³/mol. The van der Waals surface area contributed by atoms with Crippen LogP contribution in [0.25, 0.3) is 0 Å². The summed E-state index contributed by atoms with van der Waals surface area (Å²) in [5.41, 5.74) is 1.39. The van der Waals surface area contributed by atoms with Crippen LogP contribution in [0.4, 0.5) is 0 Å². The average molecular weight is 302 g/mol. The molecule has 1 amide bonds. The molecule has 0 radical (unpaired) electrons. The molecule has 1 aromatic heterocycles. The number of hydrogen-bond acceptors (Lipinski definition) is 2. The maximum atomic E-state index is 12.3. The third-order valence-electron chi connectivity index (χ3n) is 5.75. The summed E-state index contributed by atoms with van der Waals surface area (Å²) >= 11 is 0. The minimum absolute atomic E-state index is 0.0280. The smallest absolute Gasteiger partial charge is 0.251 e. The maximum Gasteiger partial charge on any atom is 0.251 e. The summed E-state index contributed by atoms with van der Waals surface area (Å²) in [5.74, 6) is 0.699. The molecule has 0 spiro atoms. The molecule has 1 fully saturated rings. The lowest BCUT2D eigenvalue weighted by Gasteiger charge is -2.52. The zero-order valence-electron chi connectivity index (χ0n) is 14.6. The topological polar surface area (TPSA) is 42.0 Å². The van der Waals surface area contributed by atoms with Crippen molar-refractivity contribution in [3.05, 3.63) is 30.1 Å². The third-order valence-corrected chi connectivity index (χ3v) is 5.75. The van der Waals surface area contributed by atoms with Crippen molar-refractivity contribution in [2.75, 3.05) is 0 Å². The molecule has 0 saturated heterocycles. The fraction of sp³-hybridized carbons (Fsp3) is 0.684. The summed E-state index contributed by atoms with van der Waals surface area (Å²) in [6.07, 6.45) is 7.86. The number of nitrogens with zero attached hydrogens (tertiary/aromatic N) is 1. The first-order valence-corrected chi connectivity index (χ1v) is 8.47. The molecule has 1 N–H and O–H groups in total. The van der Waals surface area contributed by atoms with Gasteiger partial charge < -0.3 is 5.32 Å². The van der Waals surface area contributed by atoms with Crippen LogP contribution in [0.1, 0.15) is 70.7 Å². The molecule has 0 unspecified atom stereocenters. The number of carbonyl (C=O) groups is 1. The van der Waals surface area contributed by atoms with Crippen LogP contribution < -0.4 is 5.32 Å². The van der Waals surface area contributed by atoms with Gasteiger partial charge in [-0.3, -0.25) is 9.78 Å². The van der Waals surface area contributed by atoms with E-state index < -0.39 is 0 Å². The van der Waals surface area contributed by atoms with Gasteiger partial charge >= 0.3 is 0 Å². The zero-order chi connectivity index (χ0) is 16.4. The lowest BCUT2D eigenvalue weighted by molar-refractivity contribution is -0.0158. The van der Waals surface area contributed by atoms with Crippen molar-refractivity contribution in [2.45, 2.75) is 66.3 Å². The molecule has 22 heavy (non-hydrogen) atoms. The van der Waals surface area contributed by atoms with Crippen molar-refractivity contribution in [2.24, 2.45) is 16.7 Å². The predicted octanol–water partition coefficient (Wildman–Crippen LogP) is 4.44. The minimum Gasteiger partial charge on any atom is -0.349 e. The summed E-state index contributed by atoms with van der Waals surface area (Å²) in [6.45, 7) is 11.8. The van der Waals surface area contributed by atoms with Gasteiger partial charge in [0.15, 0.2) is 0 Å². The van der Waals surface area contributed by atoms with Crippen LogP contribution in [-0.2, 0) is 0 Å². The summed E-state index contributed by atoms with van der Waals surface area (Å²) in [7, 11) is 0. The number of rotatable bonds is 3. The quantitative estimate of drug-likeness (QED) is 0.896. The van der Waals surface area contributed by atoms with Crippen molar-refractivity contribution in [3.8, 4) is 0 Å². The molecule has 2 rings (SSSR count). The second kappa shape index (κ2) is 6.39. The van der Waals surface area contributed by atoms with Crippen molar-refractivity contribution < 1.29 is 4.79 Å². The molecule has 0 aliphatic heterocycles. The van der Waals surface area contributed by atoms with E-state index in [-0.39, 0.29) is 5.91 Å². The van der Waals surface area contributed by atoms with E-state index in [4.69, 9.17) is 0 Å². The van der Waals surface area contributed by atoms with E-state index in [1.54, 1.807) is 24.5 Å². The second-order valence-corrected chi connectivity index (χ2v) is 8.04. The van der Waals surface area contributed by atoms with Crippen molar-refractivity contribution in [1.82, 2.24) is 10.3 Å². The SMILES string of the molecule is CC(C)C1(C(C)(C)C)CCC(NC(=O)c2ccncc2)CC1. The van der Waals surface area contributed by atoms with E-state index in [9.17, 15) is 4.79 Å². The molecule has 3 nitrogen and oxygen atoms in total. The van der Waals surface area contributed by atoms with Crippen LogP contribution in [0.15, 0.2) is 24.5 Å². The molecule has 122 valence electrons. The fourth-order valence-electron chi connectivity index (χ4n) is 4.24. The first kappa shape index (κ1) is 17.0. The number of nitrogens with one attached hydrogen (secondary N) is 1. The first-order chi connectivity index (χ1) is 10.3. The number of carbonyl (C=O) groups excluding carboxylic acids is 1. The number of pyridine rings is 1. The number of amides is 1. The second-order valence-electron chi connectivity index (χ2n) is 8.04. The van der Waals surface area contributed by atoms with E-state index in [0.29, 0.717) is 28.4 Å². The Hall–Kier alpha value is -1.38. The molecule has 0 aromatic carbocycles. The van der Waals surface area contributed by atoms with Crippen molar-refractivity contribution in [1.29, 1.82) is 0 Å². The minimum atomic E-state index is 0.0280. The Morgan fingerprint density at radius 1 is 1.23 bits per heavy atom. The number of hydrogen-bond donors (Lipinski definition) is 1. The summed E-state index contributed by atoms with van der Waals surface area (Å²) in [4.78, 5) is 16.2. The lowest BCUT2D eigenvalue weighted by atomic mass is 9.54. The molecule has 1 aromatic rings. The first-order valence-electron chi connectivity index (χ1n) is 8.47. The van der Waals surface area contributed by atoms with Gasteiger partial charge in [-0.2, -0.15) is 0 Å². The van der Waals surface area contributed by atoms with Gasteiger partial charge in [-0.05, 0) is 54.6 Å². The molecular weight excluding hydrogens is 272 g/mol. The highest BCUT2D eigenvalue weighted by Gasteiger charge is 2.46. The van der Waals surface area contributed by atoms with E-state index in [0.717, 1.165) is 12.8 Å². The summed E-state index contributed by atoms with van der Waals surface area (Å²) in [6, 6.07) is 3.84. The van der Waals surface area contributed by atoms with Gasteiger partial charge in [0.2, 0.25) is 0 Å². The van der Waals surface area contributed by atoms with Crippen LogP contribution >= 0.6 is 0 Å². The Balaban J connectivity index is 1.99. The molecule has 0 bridgehead atoms. The third kappa shape index (κ3) is 3.34. The molecule has 1 saturated carbocycles. The molecular formula is C19H30N2O. The average Bonchev–Trinajstić information content (AvgIpc) is 2.47. The standard InChI is InChI=1S/C19H30N2O/c1-14(2)19(18(3,4)5)10-6-16(7-11-19)21-17(22)15-8-12-20-13-9-15/h8-9,12-14,16H,6-7,10-11H2,1-5H3,(H,21,22).